The maximum atomic E-state index is 12.6. The van der Waals surface area contributed by atoms with Gasteiger partial charge in [0, 0.05) is 45.0 Å². The van der Waals surface area contributed by atoms with Crippen molar-refractivity contribution in [2.24, 2.45) is 4.99 Å². The van der Waals surface area contributed by atoms with E-state index in [1.54, 1.807) is 30.9 Å². The Balaban J connectivity index is 1.80. The fraction of sp³-hybridized carbons (Fsp3) is 0.588. The predicted molar refractivity (Wildman–Crippen MR) is 98.0 cm³/mol. The Morgan fingerprint density at radius 2 is 2.04 bits per heavy atom. The number of likely N-dealkylation sites (tertiary alicyclic amines) is 1. The van der Waals surface area contributed by atoms with E-state index < -0.39 is 11.7 Å². The van der Waals surface area contributed by atoms with E-state index in [-0.39, 0.29) is 0 Å². The minimum absolute atomic E-state index is 0.301. The normalized spacial score (nSPS) is 19.2. The summed E-state index contributed by atoms with van der Waals surface area (Å²) in [5.74, 6) is 1.82. The molecule has 1 aliphatic heterocycles. The zero-order valence-corrected chi connectivity index (χ0v) is 15.4. The van der Waals surface area contributed by atoms with E-state index in [2.05, 4.69) is 26.8 Å². The first-order valence-electron chi connectivity index (χ1n) is 8.27. The molecule has 0 saturated carbocycles. The monoisotopic (exact) mass is 374 g/mol. The lowest BCUT2D eigenvalue weighted by molar-refractivity contribution is -0.137. The molecule has 140 valence electrons. The molecule has 2 N–H and O–H groups in total. The van der Waals surface area contributed by atoms with Gasteiger partial charge in [-0.05, 0) is 30.4 Å². The molecule has 0 aromatic heterocycles. The molecule has 0 spiro atoms. The van der Waals surface area contributed by atoms with Crippen LogP contribution in [0.25, 0.3) is 0 Å². The van der Waals surface area contributed by atoms with Crippen LogP contribution in [0.1, 0.15) is 17.5 Å². The van der Waals surface area contributed by atoms with E-state index in [9.17, 15) is 13.2 Å². The summed E-state index contributed by atoms with van der Waals surface area (Å²) in [6, 6.07) is 5.73. The van der Waals surface area contributed by atoms with Gasteiger partial charge in [-0.2, -0.15) is 24.9 Å². The maximum Gasteiger partial charge on any atom is 0.416 e. The average molecular weight is 374 g/mol. The number of nitrogens with one attached hydrogen (secondary N) is 2. The number of hydrogen-bond donors (Lipinski definition) is 2. The summed E-state index contributed by atoms with van der Waals surface area (Å²) in [7, 11) is 1.75. The van der Waals surface area contributed by atoms with Crippen LogP contribution >= 0.6 is 11.8 Å². The number of benzene rings is 1. The van der Waals surface area contributed by atoms with Gasteiger partial charge >= 0.3 is 6.18 Å². The quantitative estimate of drug-likeness (QED) is 0.456. The fourth-order valence-corrected chi connectivity index (χ4v) is 3.12. The Morgan fingerprint density at radius 1 is 1.32 bits per heavy atom. The highest BCUT2D eigenvalue weighted by Crippen LogP contribution is 2.29. The molecule has 2 rings (SSSR count). The Morgan fingerprint density at radius 3 is 2.64 bits per heavy atom. The third-order valence-electron chi connectivity index (χ3n) is 4.12. The van der Waals surface area contributed by atoms with E-state index in [4.69, 9.17) is 0 Å². The number of aliphatic imine (C=N–C) groups is 1. The molecule has 25 heavy (non-hydrogen) atoms. The van der Waals surface area contributed by atoms with Gasteiger partial charge in [0.25, 0.3) is 0 Å². The molecule has 0 aliphatic carbocycles. The second kappa shape index (κ2) is 9.33. The Bertz CT molecular complexity index is 560. The third kappa shape index (κ3) is 6.43. The molecule has 1 aliphatic rings. The maximum absolute atomic E-state index is 12.6. The highest BCUT2D eigenvalue weighted by molar-refractivity contribution is 7.98. The third-order valence-corrected chi connectivity index (χ3v) is 4.74. The highest BCUT2D eigenvalue weighted by Gasteiger charge is 2.30. The summed E-state index contributed by atoms with van der Waals surface area (Å²) in [5.41, 5.74) is 0.299. The molecule has 1 fully saturated rings. The molecule has 4 nitrogen and oxygen atoms in total. The summed E-state index contributed by atoms with van der Waals surface area (Å²) in [5, 5.41) is 6.68. The van der Waals surface area contributed by atoms with E-state index in [0.29, 0.717) is 12.6 Å². The van der Waals surface area contributed by atoms with Gasteiger partial charge in [-0.25, -0.2) is 0 Å². The first kappa shape index (κ1) is 19.9. The van der Waals surface area contributed by atoms with Crippen molar-refractivity contribution >= 4 is 17.7 Å². The lowest BCUT2D eigenvalue weighted by atomic mass is 10.1. The molecule has 0 radical (unpaired) electrons. The van der Waals surface area contributed by atoms with Crippen molar-refractivity contribution in [1.29, 1.82) is 0 Å². The number of rotatable bonds is 6. The van der Waals surface area contributed by atoms with Gasteiger partial charge < -0.3 is 10.6 Å². The van der Waals surface area contributed by atoms with Crippen LogP contribution in [0.3, 0.4) is 0 Å². The van der Waals surface area contributed by atoms with Gasteiger partial charge in [0.2, 0.25) is 0 Å². The molecule has 0 amide bonds. The number of thioether (sulfide) groups is 1. The number of guanidine groups is 1. The van der Waals surface area contributed by atoms with Gasteiger partial charge in [0.05, 0.1) is 5.56 Å². The Kier molecular flexibility index (Phi) is 7.43. The number of halogens is 3. The van der Waals surface area contributed by atoms with Gasteiger partial charge in [0.15, 0.2) is 5.96 Å². The van der Waals surface area contributed by atoms with Crippen molar-refractivity contribution in [2.45, 2.75) is 25.2 Å². The first-order valence-corrected chi connectivity index (χ1v) is 9.66. The van der Waals surface area contributed by atoms with Gasteiger partial charge in [-0.15, -0.1) is 0 Å². The van der Waals surface area contributed by atoms with Crippen molar-refractivity contribution in [3.8, 4) is 0 Å². The van der Waals surface area contributed by atoms with E-state index in [0.717, 1.165) is 55.5 Å². The fourth-order valence-electron chi connectivity index (χ4n) is 2.81. The van der Waals surface area contributed by atoms with Gasteiger partial charge in [0.1, 0.15) is 0 Å². The predicted octanol–water partition coefficient (Wildman–Crippen LogP) is 2.81. The summed E-state index contributed by atoms with van der Waals surface area (Å²) in [6.07, 6.45) is -1.22. The van der Waals surface area contributed by atoms with Crippen LogP contribution in [0.15, 0.2) is 29.3 Å². The zero-order chi connectivity index (χ0) is 18.3. The van der Waals surface area contributed by atoms with E-state index >= 15 is 0 Å². The minimum Gasteiger partial charge on any atom is -0.356 e. The summed E-state index contributed by atoms with van der Waals surface area (Å²) >= 11 is 1.78. The van der Waals surface area contributed by atoms with E-state index in [1.807, 2.05) is 0 Å². The molecule has 1 atom stereocenters. The number of hydrogen-bond acceptors (Lipinski definition) is 3. The summed E-state index contributed by atoms with van der Waals surface area (Å²) in [4.78, 5) is 6.47. The van der Waals surface area contributed by atoms with Crippen molar-refractivity contribution in [3.05, 3.63) is 35.4 Å². The second-order valence-electron chi connectivity index (χ2n) is 6.05. The largest absolute Gasteiger partial charge is 0.416 e. The van der Waals surface area contributed by atoms with Crippen LogP contribution in [0.2, 0.25) is 0 Å². The molecule has 1 aromatic carbocycles. The van der Waals surface area contributed by atoms with Crippen LogP contribution < -0.4 is 10.6 Å². The van der Waals surface area contributed by atoms with Crippen molar-refractivity contribution in [3.63, 3.8) is 0 Å². The minimum atomic E-state index is -4.28. The second-order valence-corrected chi connectivity index (χ2v) is 7.04. The summed E-state index contributed by atoms with van der Waals surface area (Å²) < 4.78 is 37.8. The van der Waals surface area contributed by atoms with E-state index in [1.165, 1.54) is 0 Å². The number of nitrogens with zero attached hydrogens (tertiary/aromatic N) is 2. The van der Waals surface area contributed by atoms with Crippen molar-refractivity contribution in [2.75, 3.05) is 38.7 Å². The zero-order valence-electron chi connectivity index (χ0n) is 14.6. The van der Waals surface area contributed by atoms with Crippen molar-refractivity contribution < 1.29 is 13.2 Å². The Hall–Kier alpha value is -1.41. The van der Waals surface area contributed by atoms with Crippen LogP contribution in [-0.4, -0.2) is 55.6 Å². The van der Waals surface area contributed by atoms with Gasteiger partial charge in [-0.1, -0.05) is 12.1 Å². The van der Waals surface area contributed by atoms with Crippen molar-refractivity contribution in [1.82, 2.24) is 15.5 Å². The van der Waals surface area contributed by atoms with Crippen LogP contribution in [0.5, 0.6) is 0 Å². The van der Waals surface area contributed by atoms with Crippen LogP contribution in [0.4, 0.5) is 13.2 Å². The Labute approximate surface area is 151 Å². The first-order chi connectivity index (χ1) is 11.9. The SMILES string of the molecule is CN=C(NCCSC)NC1CCN(Cc2ccc(C(F)(F)F)cc2)C1. The molecule has 1 heterocycles. The van der Waals surface area contributed by atoms with Gasteiger partial charge in [-0.3, -0.25) is 9.89 Å². The molecule has 0 bridgehead atoms. The standard InChI is InChI=1S/C17H25F3N4S/c1-21-16(22-8-10-25-2)23-15-7-9-24(12-15)11-13-3-5-14(6-4-13)17(18,19)20/h3-6,15H,7-12H2,1-2H3,(H2,21,22,23). The molecule has 1 unspecified atom stereocenters. The van der Waals surface area contributed by atoms with Crippen LogP contribution in [-0.2, 0) is 12.7 Å². The lowest BCUT2D eigenvalue weighted by Crippen LogP contribution is -2.45. The molecular formula is C17H25F3N4S. The highest BCUT2D eigenvalue weighted by atomic mass is 32.2. The lowest BCUT2D eigenvalue weighted by Gasteiger charge is -2.19. The molecular weight excluding hydrogens is 349 g/mol. The smallest absolute Gasteiger partial charge is 0.356 e. The molecule has 8 heteroatoms. The molecule has 1 saturated heterocycles. The number of alkyl halides is 3. The molecule has 1 aromatic rings. The van der Waals surface area contributed by atoms with Crippen LogP contribution in [0, 0.1) is 0 Å². The average Bonchev–Trinajstić information content (AvgIpc) is 3.01. The topological polar surface area (TPSA) is 39.7 Å². The summed E-state index contributed by atoms with van der Waals surface area (Å²) in [6.45, 7) is 3.29.